The number of ether oxygens (including phenoxy) is 2. The Bertz CT molecular complexity index is 461. The van der Waals surface area contributed by atoms with E-state index in [9.17, 15) is 4.79 Å². The van der Waals surface area contributed by atoms with Gasteiger partial charge in [0, 0.05) is 26.2 Å². The zero-order valence-corrected chi connectivity index (χ0v) is 12.2. The van der Waals surface area contributed by atoms with Crippen molar-refractivity contribution >= 4 is 5.91 Å². The minimum absolute atomic E-state index is 0.0561. The number of fused-ring (bicyclic) bond motifs is 1. The predicted molar refractivity (Wildman–Crippen MR) is 78.7 cm³/mol. The summed E-state index contributed by atoms with van der Waals surface area (Å²) in [5, 5.41) is 2.93. The third-order valence-electron chi connectivity index (χ3n) is 3.97. The Morgan fingerprint density at radius 3 is 2.67 bits per heavy atom. The molecule has 2 aliphatic heterocycles. The van der Waals surface area contributed by atoms with Gasteiger partial charge in [0.2, 0.25) is 0 Å². The monoisotopic (exact) mass is 290 g/mol. The molecule has 21 heavy (non-hydrogen) atoms. The van der Waals surface area contributed by atoms with Crippen LogP contribution in [-0.4, -0.2) is 49.8 Å². The number of carbonyl (C=O) groups is 1. The van der Waals surface area contributed by atoms with Crippen molar-refractivity contribution in [1.29, 1.82) is 0 Å². The number of rotatable bonds is 5. The summed E-state index contributed by atoms with van der Waals surface area (Å²) in [6, 6.07) is 8.57. The lowest BCUT2D eigenvalue weighted by atomic mass is 10.1. The van der Waals surface area contributed by atoms with Crippen LogP contribution in [0.3, 0.4) is 0 Å². The van der Waals surface area contributed by atoms with E-state index in [1.165, 1.54) is 11.1 Å². The lowest BCUT2D eigenvalue weighted by Gasteiger charge is -2.22. The molecule has 1 saturated heterocycles. The van der Waals surface area contributed by atoms with E-state index in [0.29, 0.717) is 26.4 Å². The van der Waals surface area contributed by atoms with Crippen LogP contribution in [0.4, 0.5) is 0 Å². The largest absolute Gasteiger partial charge is 0.376 e. The van der Waals surface area contributed by atoms with Crippen LogP contribution >= 0.6 is 0 Å². The Labute approximate surface area is 125 Å². The molecule has 1 aromatic rings. The number of hydrogen-bond donors (Lipinski definition) is 1. The molecule has 0 radical (unpaired) electrons. The van der Waals surface area contributed by atoms with Gasteiger partial charge in [-0.3, -0.25) is 9.69 Å². The maximum atomic E-state index is 11.8. The lowest BCUT2D eigenvalue weighted by molar-refractivity contribution is -0.147. The predicted octanol–water partition coefficient (Wildman–Crippen LogP) is 0.924. The van der Waals surface area contributed by atoms with Gasteiger partial charge in [-0.1, -0.05) is 24.3 Å². The third kappa shape index (κ3) is 3.81. The average molecular weight is 290 g/mol. The van der Waals surface area contributed by atoms with E-state index in [-0.39, 0.29) is 5.91 Å². The van der Waals surface area contributed by atoms with Gasteiger partial charge < -0.3 is 14.8 Å². The molecular weight excluding hydrogens is 268 g/mol. The maximum absolute atomic E-state index is 11.8. The molecule has 2 heterocycles. The minimum atomic E-state index is -0.435. The molecule has 0 unspecified atom stereocenters. The quantitative estimate of drug-likeness (QED) is 0.820. The van der Waals surface area contributed by atoms with Crippen LogP contribution in [-0.2, 0) is 27.4 Å². The van der Waals surface area contributed by atoms with Crippen molar-refractivity contribution in [1.82, 2.24) is 10.2 Å². The topological polar surface area (TPSA) is 50.8 Å². The van der Waals surface area contributed by atoms with E-state index in [0.717, 1.165) is 26.1 Å². The van der Waals surface area contributed by atoms with Crippen LogP contribution in [0.5, 0.6) is 0 Å². The number of carbonyl (C=O) groups excluding carboxylic acids is 1. The van der Waals surface area contributed by atoms with Gasteiger partial charge in [0.25, 0.3) is 5.91 Å². The number of hydrogen-bond acceptors (Lipinski definition) is 4. The van der Waals surface area contributed by atoms with Crippen LogP contribution in [0.25, 0.3) is 0 Å². The Morgan fingerprint density at radius 2 is 2.00 bits per heavy atom. The summed E-state index contributed by atoms with van der Waals surface area (Å²) in [5.74, 6) is -0.0561. The molecule has 0 aliphatic carbocycles. The first kappa shape index (κ1) is 14.5. The molecule has 1 fully saturated rings. The first-order valence-corrected chi connectivity index (χ1v) is 7.59. The van der Waals surface area contributed by atoms with Crippen LogP contribution < -0.4 is 5.32 Å². The summed E-state index contributed by atoms with van der Waals surface area (Å²) in [7, 11) is 0. The molecule has 5 heteroatoms. The number of amides is 1. The van der Waals surface area contributed by atoms with E-state index >= 15 is 0 Å². The summed E-state index contributed by atoms with van der Waals surface area (Å²) < 4.78 is 10.6. The standard InChI is InChI=1S/C16H22N2O3/c19-16(15-12-20-8-9-21-15)17-6-3-7-18-10-13-4-1-2-5-14(13)11-18/h1-2,4-5,15H,3,6-12H2,(H,17,19)/t15-/m0/s1. The van der Waals surface area contributed by atoms with Gasteiger partial charge in [-0.25, -0.2) is 0 Å². The third-order valence-corrected chi connectivity index (χ3v) is 3.97. The molecule has 0 saturated carbocycles. The Kier molecular flexibility index (Phi) is 4.85. The van der Waals surface area contributed by atoms with Gasteiger partial charge in [0.1, 0.15) is 0 Å². The number of nitrogens with zero attached hydrogens (tertiary/aromatic N) is 1. The molecule has 1 amide bonds. The molecule has 0 bridgehead atoms. The molecular formula is C16H22N2O3. The van der Waals surface area contributed by atoms with Gasteiger partial charge in [0.15, 0.2) is 6.10 Å². The minimum Gasteiger partial charge on any atom is -0.376 e. The van der Waals surface area contributed by atoms with Crippen molar-refractivity contribution in [2.24, 2.45) is 0 Å². The van der Waals surface area contributed by atoms with Crippen molar-refractivity contribution in [2.45, 2.75) is 25.6 Å². The van der Waals surface area contributed by atoms with Crippen LogP contribution in [0.15, 0.2) is 24.3 Å². The molecule has 114 valence electrons. The summed E-state index contributed by atoms with van der Waals surface area (Å²) in [5.41, 5.74) is 2.85. The number of nitrogens with one attached hydrogen (secondary N) is 1. The second-order valence-corrected chi connectivity index (χ2v) is 5.56. The van der Waals surface area contributed by atoms with Gasteiger partial charge in [-0.05, 0) is 17.5 Å². The van der Waals surface area contributed by atoms with Gasteiger partial charge in [-0.2, -0.15) is 0 Å². The van der Waals surface area contributed by atoms with Crippen LogP contribution in [0.1, 0.15) is 17.5 Å². The Balaban J connectivity index is 1.33. The highest BCUT2D eigenvalue weighted by atomic mass is 16.6. The van der Waals surface area contributed by atoms with Crippen molar-refractivity contribution in [3.05, 3.63) is 35.4 Å². The maximum Gasteiger partial charge on any atom is 0.251 e. The molecule has 1 aromatic carbocycles. The molecule has 2 aliphatic rings. The van der Waals surface area contributed by atoms with Crippen LogP contribution in [0.2, 0.25) is 0 Å². The Morgan fingerprint density at radius 1 is 1.24 bits per heavy atom. The lowest BCUT2D eigenvalue weighted by Crippen LogP contribution is -2.43. The van der Waals surface area contributed by atoms with E-state index in [1.54, 1.807) is 0 Å². The fourth-order valence-corrected chi connectivity index (χ4v) is 2.83. The summed E-state index contributed by atoms with van der Waals surface area (Å²) in [4.78, 5) is 14.3. The van der Waals surface area contributed by atoms with Gasteiger partial charge in [-0.15, -0.1) is 0 Å². The first-order valence-electron chi connectivity index (χ1n) is 7.59. The van der Waals surface area contributed by atoms with Crippen molar-refractivity contribution in [2.75, 3.05) is 32.9 Å². The van der Waals surface area contributed by atoms with E-state index in [2.05, 4.69) is 34.5 Å². The summed E-state index contributed by atoms with van der Waals surface area (Å²) >= 11 is 0. The first-order chi connectivity index (χ1) is 10.3. The van der Waals surface area contributed by atoms with E-state index in [4.69, 9.17) is 9.47 Å². The van der Waals surface area contributed by atoms with Crippen molar-refractivity contribution < 1.29 is 14.3 Å². The number of benzene rings is 1. The van der Waals surface area contributed by atoms with Crippen molar-refractivity contribution in [3.8, 4) is 0 Å². The Hall–Kier alpha value is -1.43. The highest BCUT2D eigenvalue weighted by Crippen LogP contribution is 2.21. The second kappa shape index (κ2) is 7.02. The highest BCUT2D eigenvalue weighted by Gasteiger charge is 2.22. The molecule has 1 atom stereocenters. The smallest absolute Gasteiger partial charge is 0.251 e. The fourth-order valence-electron chi connectivity index (χ4n) is 2.83. The SMILES string of the molecule is O=C(NCCCN1Cc2ccccc2C1)[C@@H]1COCCO1. The van der Waals surface area contributed by atoms with Crippen LogP contribution in [0, 0.1) is 0 Å². The normalized spacial score (nSPS) is 22.0. The average Bonchev–Trinajstić information content (AvgIpc) is 2.95. The second-order valence-electron chi connectivity index (χ2n) is 5.56. The molecule has 5 nitrogen and oxygen atoms in total. The highest BCUT2D eigenvalue weighted by molar-refractivity contribution is 5.80. The molecule has 0 spiro atoms. The fraction of sp³-hybridized carbons (Fsp3) is 0.562. The summed E-state index contributed by atoms with van der Waals surface area (Å²) in [6.45, 7) is 5.17. The van der Waals surface area contributed by atoms with E-state index in [1.807, 2.05) is 0 Å². The zero-order valence-electron chi connectivity index (χ0n) is 12.2. The summed E-state index contributed by atoms with van der Waals surface area (Å²) in [6.07, 6.45) is 0.516. The van der Waals surface area contributed by atoms with Crippen molar-refractivity contribution in [3.63, 3.8) is 0 Å². The molecule has 1 N–H and O–H groups in total. The molecule has 3 rings (SSSR count). The van der Waals surface area contributed by atoms with Gasteiger partial charge in [0.05, 0.1) is 19.8 Å². The molecule has 0 aromatic heterocycles. The van der Waals surface area contributed by atoms with E-state index < -0.39 is 6.10 Å². The van der Waals surface area contributed by atoms with Gasteiger partial charge >= 0.3 is 0 Å². The zero-order chi connectivity index (χ0) is 14.5.